The lowest BCUT2D eigenvalue weighted by Gasteiger charge is -2.29. The monoisotopic (exact) mass is 211 g/mol. The average molecular weight is 211 g/mol. The van der Waals surface area contributed by atoms with Crippen LogP contribution in [-0.4, -0.2) is 39.3 Å². The fraction of sp³-hybridized carbons (Fsp3) is 0.625. The van der Waals surface area contributed by atoms with E-state index in [1.54, 1.807) is 0 Å². The fourth-order valence-corrected chi connectivity index (χ4v) is 1.77. The number of nitrogens with zero attached hydrogens (tertiary/aromatic N) is 3. The molecule has 0 spiro atoms. The van der Waals surface area contributed by atoms with Gasteiger partial charge in [-0.1, -0.05) is 0 Å². The van der Waals surface area contributed by atoms with E-state index in [1.165, 1.54) is 0 Å². The van der Waals surface area contributed by atoms with Gasteiger partial charge in [0.25, 0.3) is 0 Å². The lowest BCUT2D eigenvalue weighted by Crippen LogP contribution is -2.39. The maximum absolute atomic E-state index is 10.8. The molecular weight excluding hydrogens is 198 g/mol. The fourth-order valence-electron chi connectivity index (χ4n) is 1.77. The number of hydrogen-bond donors (Lipinski definition) is 3. The summed E-state index contributed by atoms with van der Waals surface area (Å²) in [5.74, 6) is -0.359. The molecule has 1 fully saturated rings. The first-order chi connectivity index (χ1) is 7.16. The molecule has 1 aliphatic heterocycles. The predicted molar refractivity (Wildman–Crippen MR) is 53.4 cm³/mol. The van der Waals surface area contributed by atoms with Crippen molar-refractivity contribution >= 4 is 17.9 Å². The van der Waals surface area contributed by atoms with Crippen LogP contribution in [0.25, 0.3) is 0 Å². The Morgan fingerprint density at radius 3 is 3.07 bits per heavy atom. The van der Waals surface area contributed by atoms with Crippen LogP contribution in [0.2, 0.25) is 0 Å². The van der Waals surface area contributed by atoms with Gasteiger partial charge >= 0.3 is 5.97 Å². The number of carboxylic acid groups (broad SMARTS) is 1. The summed E-state index contributed by atoms with van der Waals surface area (Å²) in [5, 5.41) is 15.4. The van der Waals surface area contributed by atoms with Gasteiger partial charge in [-0.25, -0.2) is 5.10 Å². The molecule has 7 heteroatoms. The lowest BCUT2D eigenvalue weighted by molar-refractivity contribution is -0.141. The molecule has 1 aromatic rings. The van der Waals surface area contributed by atoms with Crippen molar-refractivity contribution in [1.29, 1.82) is 0 Å². The van der Waals surface area contributed by atoms with Crippen molar-refractivity contribution in [2.24, 2.45) is 5.92 Å². The number of rotatable bonds is 2. The van der Waals surface area contributed by atoms with Crippen molar-refractivity contribution < 1.29 is 9.90 Å². The van der Waals surface area contributed by atoms with Crippen LogP contribution in [-0.2, 0) is 4.79 Å². The van der Waals surface area contributed by atoms with E-state index in [2.05, 4.69) is 15.2 Å². The van der Waals surface area contributed by atoms with Gasteiger partial charge in [-0.2, -0.15) is 4.98 Å². The number of piperidine rings is 1. The molecule has 0 aromatic carbocycles. The highest BCUT2D eigenvalue weighted by atomic mass is 16.4. The molecule has 0 amide bonds. The van der Waals surface area contributed by atoms with Crippen LogP contribution in [0.5, 0.6) is 0 Å². The van der Waals surface area contributed by atoms with E-state index in [-0.39, 0.29) is 11.9 Å². The molecule has 82 valence electrons. The van der Waals surface area contributed by atoms with E-state index in [4.69, 9.17) is 10.8 Å². The number of anilines is 2. The summed E-state index contributed by atoms with van der Waals surface area (Å²) in [5.41, 5.74) is 5.41. The third-order valence-electron chi connectivity index (χ3n) is 2.54. The minimum Gasteiger partial charge on any atom is -0.481 e. The van der Waals surface area contributed by atoms with Gasteiger partial charge in [0, 0.05) is 13.1 Å². The topological polar surface area (TPSA) is 108 Å². The van der Waals surface area contributed by atoms with E-state index in [0.717, 1.165) is 13.0 Å². The number of aliphatic carboxylic acids is 1. The van der Waals surface area contributed by atoms with Crippen molar-refractivity contribution in [2.75, 3.05) is 23.7 Å². The van der Waals surface area contributed by atoms with Crippen LogP contribution in [0.3, 0.4) is 0 Å². The summed E-state index contributed by atoms with van der Waals surface area (Å²) >= 11 is 0. The van der Waals surface area contributed by atoms with Crippen LogP contribution < -0.4 is 10.6 Å². The van der Waals surface area contributed by atoms with Crippen LogP contribution in [0, 0.1) is 5.92 Å². The summed E-state index contributed by atoms with van der Waals surface area (Å²) in [4.78, 5) is 16.7. The van der Waals surface area contributed by atoms with E-state index < -0.39 is 5.97 Å². The molecule has 1 saturated heterocycles. The standard InChI is InChI=1S/C8H13N5O2/c9-7-10-8(12-11-7)13-3-1-2-5(4-13)6(14)15/h5H,1-4H2,(H,14,15)(H3,9,10,11,12). The Morgan fingerprint density at radius 1 is 1.67 bits per heavy atom. The third kappa shape index (κ3) is 2.00. The number of nitrogens with two attached hydrogens (primary N) is 1. The van der Waals surface area contributed by atoms with Crippen molar-refractivity contribution in [2.45, 2.75) is 12.8 Å². The van der Waals surface area contributed by atoms with Gasteiger partial charge in [-0.15, -0.1) is 5.10 Å². The molecule has 1 aliphatic rings. The summed E-state index contributed by atoms with van der Waals surface area (Å²) in [6.45, 7) is 1.23. The highest BCUT2D eigenvalue weighted by Gasteiger charge is 2.27. The van der Waals surface area contributed by atoms with Gasteiger partial charge in [0.05, 0.1) is 5.92 Å². The lowest BCUT2D eigenvalue weighted by atomic mass is 9.99. The quantitative estimate of drug-likeness (QED) is 0.619. The first-order valence-corrected chi connectivity index (χ1v) is 4.82. The first-order valence-electron chi connectivity index (χ1n) is 4.82. The first kappa shape index (κ1) is 9.75. The molecule has 0 bridgehead atoms. The second kappa shape index (κ2) is 3.76. The Labute approximate surface area is 86.3 Å². The highest BCUT2D eigenvalue weighted by Crippen LogP contribution is 2.20. The van der Waals surface area contributed by atoms with Crippen LogP contribution in [0.1, 0.15) is 12.8 Å². The summed E-state index contributed by atoms with van der Waals surface area (Å²) in [6.07, 6.45) is 1.55. The van der Waals surface area contributed by atoms with Crippen LogP contribution >= 0.6 is 0 Å². The number of hydrogen-bond acceptors (Lipinski definition) is 5. The molecule has 2 heterocycles. The zero-order chi connectivity index (χ0) is 10.8. The molecule has 7 nitrogen and oxygen atoms in total. The molecular formula is C8H13N5O2. The average Bonchev–Trinajstić information content (AvgIpc) is 2.65. The Hall–Kier alpha value is -1.79. The van der Waals surface area contributed by atoms with Gasteiger partial charge in [-0.3, -0.25) is 4.79 Å². The predicted octanol–water partition coefficient (Wildman–Crippen LogP) is -0.312. The van der Waals surface area contributed by atoms with Crippen molar-refractivity contribution in [1.82, 2.24) is 15.2 Å². The Morgan fingerprint density at radius 2 is 2.47 bits per heavy atom. The Kier molecular flexibility index (Phi) is 2.44. The number of aromatic nitrogens is 3. The van der Waals surface area contributed by atoms with E-state index >= 15 is 0 Å². The molecule has 0 saturated carbocycles. The largest absolute Gasteiger partial charge is 0.481 e. The van der Waals surface area contributed by atoms with E-state index in [1.807, 2.05) is 4.90 Å². The van der Waals surface area contributed by atoms with Gasteiger partial charge in [0.15, 0.2) is 0 Å². The maximum Gasteiger partial charge on any atom is 0.308 e. The van der Waals surface area contributed by atoms with E-state index in [0.29, 0.717) is 18.9 Å². The number of H-pyrrole nitrogens is 1. The molecule has 0 aliphatic carbocycles. The number of aromatic amines is 1. The Bertz CT molecular complexity index is 364. The number of carbonyl (C=O) groups is 1. The number of nitrogens with one attached hydrogen (secondary N) is 1. The van der Waals surface area contributed by atoms with Crippen molar-refractivity contribution in [3.63, 3.8) is 0 Å². The highest BCUT2D eigenvalue weighted by molar-refractivity contribution is 5.71. The molecule has 15 heavy (non-hydrogen) atoms. The number of nitrogen functional groups attached to an aromatic ring is 1. The summed E-state index contributed by atoms with van der Waals surface area (Å²) < 4.78 is 0. The molecule has 1 atom stereocenters. The zero-order valence-electron chi connectivity index (χ0n) is 8.18. The second-order valence-corrected chi connectivity index (χ2v) is 3.64. The molecule has 4 N–H and O–H groups in total. The molecule has 0 radical (unpaired) electrons. The van der Waals surface area contributed by atoms with Crippen molar-refractivity contribution in [3.05, 3.63) is 0 Å². The molecule has 1 aromatic heterocycles. The third-order valence-corrected chi connectivity index (χ3v) is 2.54. The Balaban J connectivity index is 2.07. The normalized spacial score (nSPS) is 21.6. The van der Waals surface area contributed by atoms with Crippen LogP contribution in [0.4, 0.5) is 11.9 Å². The molecule has 1 unspecified atom stereocenters. The van der Waals surface area contributed by atoms with Gasteiger partial charge in [0.2, 0.25) is 11.9 Å². The number of carboxylic acids is 1. The van der Waals surface area contributed by atoms with Gasteiger partial charge in [0.1, 0.15) is 0 Å². The maximum atomic E-state index is 10.8. The summed E-state index contributed by atoms with van der Waals surface area (Å²) in [7, 11) is 0. The van der Waals surface area contributed by atoms with Gasteiger partial charge < -0.3 is 15.7 Å². The van der Waals surface area contributed by atoms with E-state index in [9.17, 15) is 4.79 Å². The van der Waals surface area contributed by atoms with Crippen LogP contribution in [0.15, 0.2) is 0 Å². The minimum absolute atomic E-state index is 0.252. The SMILES string of the molecule is Nc1nc(N2CCCC(C(=O)O)C2)n[nH]1. The van der Waals surface area contributed by atoms with Crippen molar-refractivity contribution in [3.8, 4) is 0 Å². The second-order valence-electron chi connectivity index (χ2n) is 3.64. The summed E-state index contributed by atoms with van der Waals surface area (Å²) in [6, 6.07) is 0. The molecule has 2 rings (SSSR count). The zero-order valence-corrected chi connectivity index (χ0v) is 8.18. The van der Waals surface area contributed by atoms with Gasteiger partial charge in [-0.05, 0) is 12.8 Å². The minimum atomic E-state index is -0.761. The smallest absolute Gasteiger partial charge is 0.308 e.